The number of anilines is 1. The van der Waals surface area contributed by atoms with Gasteiger partial charge in [-0.05, 0) is 42.7 Å². The van der Waals surface area contributed by atoms with Crippen LogP contribution in [-0.4, -0.2) is 28.4 Å². The topological polar surface area (TPSA) is 74.3 Å². The van der Waals surface area contributed by atoms with Crippen molar-refractivity contribution in [1.82, 2.24) is 4.90 Å². The second kappa shape index (κ2) is 9.77. The van der Waals surface area contributed by atoms with Crippen molar-refractivity contribution in [2.24, 2.45) is 15.7 Å². The van der Waals surface area contributed by atoms with Gasteiger partial charge in [0, 0.05) is 10.0 Å². The number of fused-ring (bicyclic) bond motifs is 1. The Morgan fingerprint density at radius 1 is 0.917 bits per heavy atom. The van der Waals surface area contributed by atoms with Crippen molar-refractivity contribution in [2.75, 3.05) is 4.90 Å². The molecule has 1 saturated heterocycles. The van der Waals surface area contributed by atoms with Gasteiger partial charge in [-0.3, -0.25) is 9.69 Å². The number of carbonyl (C=O) groups is 1. The minimum atomic E-state index is -1.25. The van der Waals surface area contributed by atoms with Crippen LogP contribution in [-0.2, 0) is 10.3 Å². The van der Waals surface area contributed by atoms with Crippen molar-refractivity contribution < 1.29 is 4.79 Å². The molecule has 0 aliphatic carbocycles. The summed E-state index contributed by atoms with van der Waals surface area (Å²) in [7, 11) is 0. The highest BCUT2D eigenvalue weighted by atomic mass is 35.5. The highest BCUT2D eigenvalue weighted by molar-refractivity contribution is 6.36. The number of guanidine groups is 2. The normalized spacial score (nSPS) is 20.4. The summed E-state index contributed by atoms with van der Waals surface area (Å²) >= 11 is 12.7. The third kappa shape index (κ3) is 3.94. The predicted octanol–water partition coefficient (Wildman–Crippen LogP) is 6.21. The van der Waals surface area contributed by atoms with Crippen LogP contribution in [0.2, 0.25) is 10.0 Å². The van der Waals surface area contributed by atoms with Crippen LogP contribution >= 0.6 is 35.6 Å². The predicted molar refractivity (Wildman–Crippen MR) is 149 cm³/mol. The minimum Gasteiger partial charge on any atom is -0.368 e. The van der Waals surface area contributed by atoms with Gasteiger partial charge in [0.2, 0.25) is 11.9 Å². The van der Waals surface area contributed by atoms with Gasteiger partial charge in [-0.1, -0.05) is 97.2 Å². The Labute approximate surface area is 226 Å². The fraction of sp³-hybridized carbons (Fsp3) is 0.222. The molecule has 6 nitrogen and oxygen atoms in total. The zero-order valence-corrected chi connectivity index (χ0v) is 22.2. The maximum Gasteiger partial charge on any atom is 0.269 e. The Hall–Kier alpha value is -3.06. The Balaban J connectivity index is 0.00000304. The summed E-state index contributed by atoms with van der Waals surface area (Å²) in [6.45, 7) is 4.09. The fourth-order valence-electron chi connectivity index (χ4n) is 5.27. The number of benzene rings is 3. The molecule has 0 spiro atoms. The lowest BCUT2D eigenvalue weighted by Gasteiger charge is -2.47. The summed E-state index contributed by atoms with van der Waals surface area (Å²) in [6, 6.07) is 24.5. The molecule has 2 aliphatic rings. The van der Waals surface area contributed by atoms with Crippen molar-refractivity contribution in [3.8, 4) is 0 Å². The first kappa shape index (κ1) is 26.0. The summed E-state index contributed by atoms with van der Waals surface area (Å²) < 4.78 is 0. The molecule has 3 aromatic rings. The van der Waals surface area contributed by atoms with Crippen molar-refractivity contribution >= 4 is 59.1 Å². The van der Waals surface area contributed by atoms with Gasteiger partial charge in [-0.2, -0.15) is 4.99 Å². The number of rotatable bonds is 5. The van der Waals surface area contributed by atoms with Crippen LogP contribution in [0.3, 0.4) is 0 Å². The van der Waals surface area contributed by atoms with E-state index in [1.54, 1.807) is 23.1 Å². The van der Waals surface area contributed by atoms with Crippen molar-refractivity contribution in [2.45, 2.75) is 37.9 Å². The maximum atomic E-state index is 14.8. The first-order valence-corrected chi connectivity index (χ1v) is 12.2. The molecule has 186 valence electrons. The third-order valence-corrected chi connectivity index (χ3v) is 6.95. The molecule has 2 aliphatic heterocycles. The van der Waals surface area contributed by atoms with E-state index in [0.717, 1.165) is 17.5 Å². The van der Waals surface area contributed by atoms with E-state index < -0.39 is 11.2 Å². The summed E-state index contributed by atoms with van der Waals surface area (Å²) in [6.07, 6.45) is 1.49. The molecule has 0 radical (unpaired) electrons. The Morgan fingerprint density at radius 3 is 1.94 bits per heavy atom. The van der Waals surface area contributed by atoms with Gasteiger partial charge in [0.1, 0.15) is 5.66 Å². The fourth-order valence-corrected chi connectivity index (χ4v) is 5.79. The monoisotopic (exact) mass is 541 g/mol. The third-order valence-electron chi connectivity index (χ3n) is 6.51. The van der Waals surface area contributed by atoms with E-state index in [2.05, 4.69) is 11.9 Å². The largest absolute Gasteiger partial charge is 0.368 e. The maximum absolute atomic E-state index is 14.8. The zero-order chi connectivity index (χ0) is 24.8. The van der Waals surface area contributed by atoms with Gasteiger partial charge < -0.3 is 5.73 Å². The van der Waals surface area contributed by atoms with E-state index in [1.807, 2.05) is 72.5 Å². The molecule has 0 saturated carbocycles. The van der Waals surface area contributed by atoms with Crippen molar-refractivity contribution in [3.05, 3.63) is 100 Å². The lowest BCUT2D eigenvalue weighted by Crippen LogP contribution is -2.60. The number of aliphatic imine (C=N–C) groups is 2. The lowest BCUT2D eigenvalue weighted by molar-refractivity contribution is -0.125. The minimum absolute atomic E-state index is 0. The molecule has 1 atom stereocenters. The molecule has 2 N–H and O–H groups in total. The van der Waals surface area contributed by atoms with E-state index in [4.69, 9.17) is 33.9 Å². The summed E-state index contributed by atoms with van der Waals surface area (Å²) in [4.78, 5) is 27.8. The van der Waals surface area contributed by atoms with E-state index in [-0.39, 0.29) is 24.3 Å². The standard InChI is InChI=1S/C27H25Cl2N5O.ClH/c1-3-14-26(2)32-24(30)31-25-33(22-16-20(28)15-21(29)17-22)23(35)27(34(25)26,18-10-6-4-7-11-18)19-12-8-5-9-13-19;/h4-13,15-17H,3,14H2,1-2H3,(H2,30,32);1H. The number of nitrogens with two attached hydrogens (primary N) is 1. The number of hydrogen-bond donors (Lipinski definition) is 1. The van der Waals surface area contributed by atoms with Crippen molar-refractivity contribution in [1.29, 1.82) is 0 Å². The Morgan fingerprint density at radius 2 is 1.44 bits per heavy atom. The van der Waals surface area contributed by atoms with Crippen LogP contribution in [0.1, 0.15) is 37.8 Å². The van der Waals surface area contributed by atoms with Gasteiger partial charge in [0.05, 0.1) is 5.69 Å². The molecule has 36 heavy (non-hydrogen) atoms. The van der Waals surface area contributed by atoms with Gasteiger partial charge >= 0.3 is 0 Å². The quantitative estimate of drug-likeness (QED) is 0.417. The molecule has 1 unspecified atom stereocenters. The van der Waals surface area contributed by atoms with E-state index in [0.29, 0.717) is 28.1 Å². The van der Waals surface area contributed by atoms with Gasteiger partial charge in [0.15, 0.2) is 5.54 Å². The molecule has 5 rings (SSSR count). The summed E-state index contributed by atoms with van der Waals surface area (Å²) in [5.41, 5.74) is 6.29. The molecule has 1 fully saturated rings. The lowest BCUT2D eigenvalue weighted by atomic mass is 9.79. The number of halogens is 3. The highest BCUT2D eigenvalue weighted by Crippen LogP contribution is 2.50. The average Bonchev–Trinajstić information content (AvgIpc) is 3.09. The SMILES string of the molecule is CCCC1(C)N=C(N)N=C2N(c3cc(Cl)cc(Cl)c3)C(=O)C(c3ccccc3)(c3ccccc3)N21.Cl. The Bertz CT molecular complexity index is 1290. The summed E-state index contributed by atoms with van der Waals surface area (Å²) in [5, 5.41) is 0.830. The zero-order valence-electron chi connectivity index (χ0n) is 19.9. The van der Waals surface area contributed by atoms with E-state index in [9.17, 15) is 4.79 Å². The number of nitrogens with zero attached hydrogens (tertiary/aromatic N) is 4. The molecule has 3 aromatic carbocycles. The van der Waals surface area contributed by atoms with Crippen LogP contribution < -0.4 is 10.6 Å². The van der Waals surface area contributed by atoms with Gasteiger partial charge in [0.25, 0.3) is 5.91 Å². The first-order chi connectivity index (χ1) is 16.8. The molecular formula is C27H26Cl3N5O. The molecule has 0 aromatic heterocycles. The molecule has 1 amide bonds. The van der Waals surface area contributed by atoms with Crippen LogP contribution in [0.5, 0.6) is 0 Å². The molecule has 0 bridgehead atoms. The van der Waals surface area contributed by atoms with Gasteiger partial charge in [-0.25, -0.2) is 9.89 Å². The molecular weight excluding hydrogens is 517 g/mol. The molecule has 9 heteroatoms. The van der Waals surface area contributed by atoms with E-state index >= 15 is 0 Å². The van der Waals surface area contributed by atoms with Crippen LogP contribution in [0, 0.1) is 0 Å². The second-order valence-corrected chi connectivity index (χ2v) is 9.77. The number of carbonyl (C=O) groups excluding carboxylic acids is 1. The van der Waals surface area contributed by atoms with Crippen LogP contribution in [0.4, 0.5) is 5.69 Å². The number of amides is 1. The second-order valence-electron chi connectivity index (χ2n) is 8.89. The average molecular weight is 543 g/mol. The smallest absolute Gasteiger partial charge is 0.269 e. The van der Waals surface area contributed by atoms with Crippen LogP contribution in [0.25, 0.3) is 0 Å². The Kier molecular flexibility index (Phi) is 7.06. The van der Waals surface area contributed by atoms with Gasteiger partial charge in [-0.15, -0.1) is 12.4 Å². The first-order valence-electron chi connectivity index (χ1n) is 11.5. The molecule has 2 heterocycles. The number of hydrogen-bond acceptors (Lipinski definition) is 5. The summed E-state index contributed by atoms with van der Waals surface area (Å²) in [5.74, 6) is 0.304. The van der Waals surface area contributed by atoms with E-state index in [1.165, 1.54) is 0 Å². The van der Waals surface area contributed by atoms with Crippen LogP contribution in [0.15, 0.2) is 88.8 Å². The van der Waals surface area contributed by atoms with Crippen molar-refractivity contribution in [3.63, 3.8) is 0 Å². The highest BCUT2D eigenvalue weighted by Gasteiger charge is 2.64.